The standard InChI is InChI=1S/C13H13N3O2/c1-3-9-5-4-6-14-10(9)12(17)11-13(18-2)16-8-7-15-11/h4-8H,3H2,1-2H3. The molecule has 0 spiro atoms. The van der Waals surface area contributed by atoms with E-state index >= 15 is 0 Å². The zero-order valence-electron chi connectivity index (χ0n) is 10.3. The summed E-state index contributed by atoms with van der Waals surface area (Å²) in [6.07, 6.45) is 5.27. The van der Waals surface area contributed by atoms with Gasteiger partial charge in [0.2, 0.25) is 11.7 Å². The molecule has 0 bridgehead atoms. The average Bonchev–Trinajstić information content (AvgIpc) is 2.46. The van der Waals surface area contributed by atoms with Crippen molar-refractivity contribution in [3.05, 3.63) is 47.7 Å². The van der Waals surface area contributed by atoms with Gasteiger partial charge in [-0.2, -0.15) is 0 Å². The van der Waals surface area contributed by atoms with Gasteiger partial charge in [-0.1, -0.05) is 13.0 Å². The van der Waals surface area contributed by atoms with Crippen molar-refractivity contribution in [2.45, 2.75) is 13.3 Å². The Kier molecular flexibility index (Phi) is 3.62. The van der Waals surface area contributed by atoms with Crippen LogP contribution in [-0.4, -0.2) is 27.8 Å². The Morgan fingerprint density at radius 1 is 1.17 bits per heavy atom. The zero-order chi connectivity index (χ0) is 13.0. The Hall–Kier alpha value is -2.30. The average molecular weight is 243 g/mol. The van der Waals surface area contributed by atoms with Gasteiger partial charge in [0, 0.05) is 18.6 Å². The highest BCUT2D eigenvalue weighted by atomic mass is 16.5. The number of ether oxygens (including phenoxy) is 1. The quantitative estimate of drug-likeness (QED) is 0.764. The third-order valence-corrected chi connectivity index (χ3v) is 2.56. The van der Waals surface area contributed by atoms with Crippen molar-refractivity contribution < 1.29 is 9.53 Å². The molecule has 2 rings (SSSR count). The molecule has 5 nitrogen and oxygen atoms in total. The van der Waals surface area contributed by atoms with Gasteiger partial charge < -0.3 is 4.74 Å². The Bertz CT molecular complexity index is 520. The van der Waals surface area contributed by atoms with Crippen LogP contribution in [0.1, 0.15) is 28.7 Å². The van der Waals surface area contributed by atoms with Crippen molar-refractivity contribution in [3.8, 4) is 5.88 Å². The molecule has 0 fully saturated rings. The molecular weight excluding hydrogens is 230 g/mol. The van der Waals surface area contributed by atoms with E-state index in [2.05, 4.69) is 15.0 Å². The SMILES string of the molecule is CCc1cccnc1C(=O)c1nccnc1OC. The lowest BCUT2D eigenvalue weighted by atomic mass is 10.1. The van der Waals surface area contributed by atoms with Gasteiger partial charge in [0.05, 0.1) is 7.11 Å². The summed E-state index contributed by atoms with van der Waals surface area (Å²) in [5.74, 6) is -0.0485. The molecule has 0 amide bonds. The second kappa shape index (κ2) is 5.35. The largest absolute Gasteiger partial charge is 0.479 e. The smallest absolute Gasteiger partial charge is 0.243 e. The van der Waals surface area contributed by atoms with Crippen LogP contribution in [0, 0.1) is 0 Å². The maximum absolute atomic E-state index is 12.4. The van der Waals surface area contributed by atoms with Crippen LogP contribution in [0.25, 0.3) is 0 Å². The fourth-order valence-corrected chi connectivity index (χ4v) is 1.67. The minimum Gasteiger partial charge on any atom is -0.479 e. The molecule has 0 aliphatic heterocycles. The molecule has 5 heteroatoms. The van der Waals surface area contributed by atoms with Crippen molar-refractivity contribution >= 4 is 5.78 Å². The summed E-state index contributed by atoms with van der Waals surface area (Å²) >= 11 is 0. The number of methoxy groups -OCH3 is 1. The predicted octanol–water partition coefficient (Wildman–Crippen LogP) is 1.67. The van der Waals surface area contributed by atoms with E-state index in [1.54, 1.807) is 6.20 Å². The van der Waals surface area contributed by atoms with Crippen LogP contribution >= 0.6 is 0 Å². The number of rotatable bonds is 4. The van der Waals surface area contributed by atoms with Crippen LogP contribution in [-0.2, 0) is 6.42 Å². The third-order valence-electron chi connectivity index (χ3n) is 2.56. The molecular formula is C13H13N3O2. The number of nitrogens with zero attached hydrogens (tertiary/aromatic N) is 3. The highest BCUT2D eigenvalue weighted by molar-refractivity contribution is 6.08. The lowest BCUT2D eigenvalue weighted by Gasteiger charge is -2.07. The number of pyridine rings is 1. The fraction of sp³-hybridized carbons (Fsp3) is 0.231. The lowest BCUT2D eigenvalue weighted by molar-refractivity contribution is 0.102. The fourth-order valence-electron chi connectivity index (χ4n) is 1.67. The van der Waals surface area contributed by atoms with Gasteiger partial charge in [-0.25, -0.2) is 9.97 Å². The molecule has 0 N–H and O–H groups in total. The van der Waals surface area contributed by atoms with Gasteiger partial charge in [0.1, 0.15) is 5.69 Å². The van der Waals surface area contributed by atoms with Crippen molar-refractivity contribution in [2.75, 3.05) is 7.11 Å². The Balaban J connectivity index is 2.48. The van der Waals surface area contributed by atoms with E-state index in [0.29, 0.717) is 5.69 Å². The van der Waals surface area contributed by atoms with E-state index < -0.39 is 0 Å². The molecule has 92 valence electrons. The maximum Gasteiger partial charge on any atom is 0.243 e. The Morgan fingerprint density at radius 2 is 1.89 bits per heavy atom. The molecule has 0 aromatic carbocycles. The molecule has 2 heterocycles. The first-order valence-electron chi connectivity index (χ1n) is 5.61. The third kappa shape index (κ3) is 2.20. The van der Waals surface area contributed by atoms with Crippen LogP contribution in [0.4, 0.5) is 0 Å². The molecule has 0 saturated heterocycles. The number of ketones is 1. The number of aromatic nitrogens is 3. The van der Waals surface area contributed by atoms with Gasteiger partial charge in [0.15, 0.2) is 5.69 Å². The van der Waals surface area contributed by atoms with E-state index in [-0.39, 0.29) is 17.4 Å². The molecule has 18 heavy (non-hydrogen) atoms. The van der Waals surface area contributed by atoms with Crippen LogP contribution in [0.3, 0.4) is 0 Å². The first kappa shape index (κ1) is 12.2. The van der Waals surface area contributed by atoms with Gasteiger partial charge in [-0.3, -0.25) is 9.78 Å². The van der Waals surface area contributed by atoms with E-state index in [1.807, 2.05) is 19.1 Å². The molecule has 2 aromatic rings. The summed E-state index contributed by atoms with van der Waals surface area (Å²) in [6.45, 7) is 1.97. The van der Waals surface area contributed by atoms with Gasteiger partial charge >= 0.3 is 0 Å². The van der Waals surface area contributed by atoms with Crippen molar-refractivity contribution in [1.29, 1.82) is 0 Å². The van der Waals surface area contributed by atoms with Crippen LogP contribution in [0.5, 0.6) is 5.88 Å². The normalized spacial score (nSPS) is 10.1. The monoisotopic (exact) mass is 243 g/mol. The van der Waals surface area contributed by atoms with Crippen molar-refractivity contribution in [2.24, 2.45) is 0 Å². The van der Waals surface area contributed by atoms with Gasteiger partial charge in [-0.05, 0) is 18.1 Å². The highest BCUT2D eigenvalue weighted by Crippen LogP contribution is 2.17. The van der Waals surface area contributed by atoms with Crippen LogP contribution in [0.15, 0.2) is 30.7 Å². The van der Waals surface area contributed by atoms with Crippen LogP contribution in [0.2, 0.25) is 0 Å². The van der Waals surface area contributed by atoms with Gasteiger partial charge in [0.25, 0.3) is 0 Å². The van der Waals surface area contributed by atoms with Crippen molar-refractivity contribution in [3.63, 3.8) is 0 Å². The first-order chi connectivity index (χ1) is 8.77. The molecule has 0 aliphatic carbocycles. The lowest BCUT2D eigenvalue weighted by Crippen LogP contribution is -2.11. The summed E-state index contributed by atoms with van der Waals surface area (Å²) in [6, 6.07) is 3.69. The van der Waals surface area contributed by atoms with Gasteiger partial charge in [-0.15, -0.1) is 0 Å². The number of carbonyl (C=O) groups excluding carboxylic acids is 1. The first-order valence-corrected chi connectivity index (χ1v) is 5.61. The number of aryl methyl sites for hydroxylation is 1. The molecule has 0 saturated carbocycles. The maximum atomic E-state index is 12.4. The molecule has 0 atom stereocenters. The number of hydrogen-bond acceptors (Lipinski definition) is 5. The minimum atomic E-state index is -0.266. The van der Waals surface area contributed by atoms with E-state index in [1.165, 1.54) is 19.5 Å². The van der Waals surface area contributed by atoms with Crippen LogP contribution < -0.4 is 4.74 Å². The Morgan fingerprint density at radius 3 is 2.61 bits per heavy atom. The summed E-state index contributed by atoms with van der Waals surface area (Å²) in [5.41, 5.74) is 1.47. The highest BCUT2D eigenvalue weighted by Gasteiger charge is 2.20. The number of carbonyl (C=O) groups is 1. The molecule has 2 aromatic heterocycles. The second-order valence-corrected chi connectivity index (χ2v) is 3.61. The topological polar surface area (TPSA) is 65.0 Å². The summed E-state index contributed by atoms with van der Waals surface area (Å²) < 4.78 is 5.04. The van der Waals surface area contributed by atoms with E-state index in [9.17, 15) is 4.79 Å². The van der Waals surface area contributed by atoms with Crippen molar-refractivity contribution in [1.82, 2.24) is 15.0 Å². The number of hydrogen-bond donors (Lipinski definition) is 0. The summed E-state index contributed by atoms with van der Waals surface area (Å²) in [5, 5.41) is 0. The predicted molar refractivity (Wildman–Crippen MR) is 65.6 cm³/mol. The summed E-state index contributed by atoms with van der Waals surface area (Å²) in [7, 11) is 1.46. The minimum absolute atomic E-state index is 0.188. The molecule has 0 radical (unpaired) electrons. The van der Waals surface area contributed by atoms with E-state index in [0.717, 1.165) is 12.0 Å². The second-order valence-electron chi connectivity index (χ2n) is 3.61. The molecule has 0 unspecified atom stereocenters. The molecule has 0 aliphatic rings. The summed E-state index contributed by atoms with van der Waals surface area (Å²) in [4.78, 5) is 24.5. The van der Waals surface area contributed by atoms with E-state index in [4.69, 9.17) is 4.74 Å². The Labute approximate surface area is 105 Å². The zero-order valence-corrected chi connectivity index (χ0v) is 10.3.